The topological polar surface area (TPSA) is 67.9 Å². The molecule has 6 nitrogen and oxygen atoms in total. The largest absolute Gasteiger partial charge is 0.490 e. The van der Waals surface area contributed by atoms with Gasteiger partial charge in [0, 0.05) is 0 Å². The minimum atomic E-state index is -0.631. The maximum atomic E-state index is 13.3. The first-order valence-corrected chi connectivity index (χ1v) is 10.5. The lowest BCUT2D eigenvalue weighted by atomic mass is 10.1. The summed E-state index contributed by atoms with van der Waals surface area (Å²) in [5, 5.41) is 2.41. The van der Waals surface area contributed by atoms with Gasteiger partial charge in [-0.05, 0) is 89.8 Å². The van der Waals surface area contributed by atoms with Crippen molar-refractivity contribution >= 4 is 63.5 Å². The van der Waals surface area contributed by atoms with E-state index in [1.54, 1.807) is 12.1 Å². The molecule has 9 heteroatoms. The maximum Gasteiger partial charge on any atom is 0.270 e. The molecule has 158 valence electrons. The molecule has 1 aliphatic heterocycles. The van der Waals surface area contributed by atoms with E-state index in [0.717, 1.165) is 4.90 Å². The van der Waals surface area contributed by atoms with Gasteiger partial charge < -0.3 is 9.47 Å². The Hall–Kier alpha value is -2.97. The number of thiocarbonyl (C=S) groups is 1. The van der Waals surface area contributed by atoms with Crippen molar-refractivity contribution in [1.82, 2.24) is 5.32 Å². The minimum Gasteiger partial charge on any atom is -0.490 e. The number of amides is 2. The fourth-order valence-corrected chi connectivity index (χ4v) is 3.90. The zero-order valence-corrected chi connectivity index (χ0v) is 19.3. The summed E-state index contributed by atoms with van der Waals surface area (Å²) >= 11 is 7.21. The van der Waals surface area contributed by atoms with E-state index in [9.17, 15) is 14.0 Å². The van der Waals surface area contributed by atoms with E-state index in [4.69, 9.17) is 28.1 Å². The van der Waals surface area contributed by atoms with Crippen molar-refractivity contribution in [2.24, 2.45) is 0 Å². The standard InChI is InChI=1S/C22H16FIN2O4S/c1-3-9-30-19-17(24)11-13(12-18(19)29-4-2)10-16-20(27)25-22(31)26(21(16)28)15-7-5-14(23)6-8-15/h1,5-8,10-12H,4,9H2,2H3,(H,25,27,31)/b16-10-. The first kappa shape index (κ1) is 22.7. The van der Waals surface area contributed by atoms with Gasteiger partial charge in [0.2, 0.25) is 0 Å². The Balaban J connectivity index is 2.02. The first-order valence-electron chi connectivity index (χ1n) is 9.05. The van der Waals surface area contributed by atoms with Gasteiger partial charge in [-0.25, -0.2) is 4.39 Å². The van der Waals surface area contributed by atoms with Crippen molar-refractivity contribution in [2.75, 3.05) is 18.1 Å². The molecule has 1 saturated heterocycles. The highest BCUT2D eigenvalue weighted by Gasteiger charge is 2.34. The van der Waals surface area contributed by atoms with E-state index in [1.165, 1.54) is 30.3 Å². The predicted octanol–water partition coefficient (Wildman–Crippen LogP) is 3.67. The molecule has 3 rings (SSSR count). The SMILES string of the molecule is C#CCOc1c(I)cc(/C=C2/C(=O)NC(=S)N(c3ccc(F)cc3)C2=O)cc1OCC. The summed E-state index contributed by atoms with van der Waals surface area (Å²) in [5.41, 5.74) is 0.754. The Labute approximate surface area is 197 Å². The van der Waals surface area contributed by atoms with Crippen LogP contribution in [0.25, 0.3) is 6.08 Å². The molecule has 0 aromatic heterocycles. The van der Waals surface area contributed by atoms with Crippen LogP contribution in [0.5, 0.6) is 11.5 Å². The van der Waals surface area contributed by atoms with E-state index < -0.39 is 17.6 Å². The molecule has 1 fully saturated rings. The Morgan fingerprint density at radius 1 is 1.26 bits per heavy atom. The van der Waals surface area contributed by atoms with Crippen LogP contribution in [0, 0.1) is 21.7 Å². The van der Waals surface area contributed by atoms with Crippen LogP contribution in [-0.4, -0.2) is 30.1 Å². The van der Waals surface area contributed by atoms with E-state index in [2.05, 4.69) is 33.8 Å². The van der Waals surface area contributed by atoms with Gasteiger partial charge >= 0.3 is 0 Å². The monoisotopic (exact) mass is 550 g/mol. The predicted molar refractivity (Wildman–Crippen MR) is 127 cm³/mol. The number of nitrogens with one attached hydrogen (secondary N) is 1. The molecule has 1 aliphatic rings. The second-order valence-electron chi connectivity index (χ2n) is 6.19. The summed E-state index contributed by atoms with van der Waals surface area (Å²) < 4.78 is 25.2. The highest BCUT2D eigenvalue weighted by molar-refractivity contribution is 14.1. The van der Waals surface area contributed by atoms with Crippen LogP contribution >= 0.6 is 34.8 Å². The average Bonchev–Trinajstić information content (AvgIpc) is 2.72. The summed E-state index contributed by atoms with van der Waals surface area (Å²) in [6.45, 7) is 2.28. The molecule has 0 unspecified atom stereocenters. The Bertz CT molecular complexity index is 1130. The van der Waals surface area contributed by atoms with Gasteiger partial charge in [0.15, 0.2) is 16.6 Å². The van der Waals surface area contributed by atoms with Gasteiger partial charge in [-0.15, -0.1) is 6.42 Å². The normalized spacial score (nSPS) is 15.0. The number of hydrogen-bond donors (Lipinski definition) is 1. The summed E-state index contributed by atoms with van der Waals surface area (Å²) in [5.74, 6) is 1.61. The van der Waals surface area contributed by atoms with Crippen molar-refractivity contribution < 1.29 is 23.5 Å². The van der Waals surface area contributed by atoms with Crippen LogP contribution in [0.1, 0.15) is 12.5 Å². The van der Waals surface area contributed by atoms with Crippen LogP contribution in [0.4, 0.5) is 10.1 Å². The van der Waals surface area contributed by atoms with Crippen molar-refractivity contribution in [1.29, 1.82) is 0 Å². The number of benzene rings is 2. The highest BCUT2D eigenvalue weighted by atomic mass is 127. The van der Waals surface area contributed by atoms with Crippen molar-refractivity contribution in [3.8, 4) is 23.8 Å². The summed E-state index contributed by atoms with van der Waals surface area (Å²) in [4.78, 5) is 26.7. The summed E-state index contributed by atoms with van der Waals surface area (Å²) in [6, 6.07) is 8.61. The number of terminal acetylenes is 1. The van der Waals surface area contributed by atoms with Crippen LogP contribution in [0.2, 0.25) is 0 Å². The number of carbonyl (C=O) groups is 2. The minimum absolute atomic E-state index is 0.0709. The molecule has 1 N–H and O–H groups in total. The fourth-order valence-electron chi connectivity index (χ4n) is 2.84. The van der Waals surface area contributed by atoms with Crippen LogP contribution < -0.4 is 19.7 Å². The molecular weight excluding hydrogens is 534 g/mol. The molecule has 2 aromatic rings. The van der Waals surface area contributed by atoms with Gasteiger partial charge in [0.25, 0.3) is 11.8 Å². The molecule has 0 aliphatic carbocycles. The molecule has 0 saturated carbocycles. The molecule has 2 amide bonds. The zero-order chi connectivity index (χ0) is 22.5. The number of anilines is 1. The number of rotatable bonds is 6. The van der Waals surface area contributed by atoms with Gasteiger partial charge in [-0.2, -0.15) is 0 Å². The number of hydrogen-bond acceptors (Lipinski definition) is 5. The third-order valence-corrected chi connectivity index (χ3v) is 5.21. The molecule has 1 heterocycles. The molecule has 0 atom stereocenters. The van der Waals surface area contributed by atoms with E-state index in [-0.39, 0.29) is 17.3 Å². The van der Waals surface area contributed by atoms with Crippen molar-refractivity contribution in [3.05, 3.63) is 56.9 Å². The number of halogens is 2. The highest BCUT2D eigenvalue weighted by Crippen LogP contribution is 2.35. The number of ether oxygens (including phenoxy) is 2. The molecule has 0 spiro atoms. The molecule has 2 aromatic carbocycles. The Morgan fingerprint density at radius 3 is 2.61 bits per heavy atom. The lowest BCUT2D eigenvalue weighted by Crippen LogP contribution is -2.54. The Kier molecular flexibility index (Phi) is 7.25. The van der Waals surface area contributed by atoms with Gasteiger partial charge in [0.05, 0.1) is 15.9 Å². The molecule has 0 radical (unpaired) electrons. The van der Waals surface area contributed by atoms with Gasteiger partial charge in [0.1, 0.15) is 18.0 Å². The number of carbonyl (C=O) groups excluding carboxylic acids is 2. The molecule has 31 heavy (non-hydrogen) atoms. The first-order chi connectivity index (χ1) is 14.8. The van der Waals surface area contributed by atoms with Gasteiger partial charge in [-0.3, -0.25) is 19.8 Å². The van der Waals surface area contributed by atoms with Crippen molar-refractivity contribution in [3.63, 3.8) is 0 Å². The second kappa shape index (κ2) is 9.89. The average molecular weight is 550 g/mol. The van der Waals surface area contributed by atoms with Gasteiger partial charge in [-0.1, -0.05) is 5.92 Å². The molecular formula is C22H16FIN2O4S. The third kappa shape index (κ3) is 5.03. The van der Waals surface area contributed by atoms with Crippen LogP contribution in [-0.2, 0) is 9.59 Å². The summed E-state index contributed by atoms with van der Waals surface area (Å²) in [7, 11) is 0. The zero-order valence-electron chi connectivity index (χ0n) is 16.3. The lowest BCUT2D eigenvalue weighted by molar-refractivity contribution is -0.122. The molecule has 0 bridgehead atoms. The van der Waals surface area contributed by atoms with Crippen LogP contribution in [0.3, 0.4) is 0 Å². The second-order valence-corrected chi connectivity index (χ2v) is 7.74. The third-order valence-electron chi connectivity index (χ3n) is 4.13. The summed E-state index contributed by atoms with van der Waals surface area (Å²) in [6.07, 6.45) is 6.71. The quantitative estimate of drug-likeness (QED) is 0.196. The number of nitrogens with zero attached hydrogens (tertiary/aromatic N) is 1. The van der Waals surface area contributed by atoms with E-state index in [1.807, 2.05) is 6.92 Å². The maximum absolute atomic E-state index is 13.3. The van der Waals surface area contributed by atoms with Crippen molar-refractivity contribution in [2.45, 2.75) is 6.92 Å². The fraction of sp³-hybridized carbons (Fsp3) is 0.136. The van der Waals surface area contributed by atoms with Crippen LogP contribution in [0.15, 0.2) is 42.0 Å². The lowest BCUT2D eigenvalue weighted by Gasteiger charge is -2.29. The van der Waals surface area contributed by atoms with E-state index in [0.29, 0.717) is 32.9 Å². The Morgan fingerprint density at radius 2 is 1.97 bits per heavy atom. The smallest absolute Gasteiger partial charge is 0.270 e. The van der Waals surface area contributed by atoms with E-state index >= 15 is 0 Å².